The van der Waals surface area contributed by atoms with Gasteiger partial charge in [0.25, 0.3) is 0 Å². The van der Waals surface area contributed by atoms with Crippen LogP contribution in [0.1, 0.15) is 35.3 Å². The summed E-state index contributed by atoms with van der Waals surface area (Å²) in [5.41, 5.74) is 9.75. The van der Waals surface area contributed by atoms with Gasteiger partial charge in [0.15, 0.2) is 0 Å². The summed E-state index contributed by atoms with van der Waals surface area (Å²) in [5, 5.41) is 0. The van der Waals surface area contributed by atoms with E-state index in [-0.39, 0.29) is 12.1 Å². The van der Waals surface area contributed by atoms with E-state index in [1.54, 1.807) is 0 Å². The average Bonchev–Trinajstić information content (AvgIpc) is 2.41. The number of hydrogen-bond donors (Lipinski definition) is 1. The first-order valence-corrected chi connectivity index (χ1v) is 8.11. The molecule has 0 amide bonds. The maximum absolute atomic E-state index is 6.29. The van der Waals surface area contributed by atoms with Crippen molar-refractivity contribution in [3.8, 4) is 5.75 Å². The van der Waals surface area contributed by atoms with E-state index in [0.717, 1.165) is 26.7 Å². The van der Waals surface area contributed by atoms with Crippen LogP contribution in [0.25, 0.3) is 0 Å². The lowest BCUT2D eigenvalue weighted by Crippen LogP contribution is -2.24. The van der Waals surface area contributed by atoms with Gasteiger partial charge in [0.2, 0.25) is 0 Å². The lowest BCUT2D eigenvalue weighted by atomic mass is 9.93. The predicted octanol–water partition coefficient (Wildman–Crippen LogP) is 5.04. The van der Waals surface area contributed by atoms with Gasteiger partial charge in [-0.2, -0.15) is 0 Å². The van der Waals surface area contributed by atoms with Crippen LogP contribution in [0.15, 0.2) is 45.3 Å². The van der Waals surface area contributed by atoms with Gasteiger partial charge in [-0.1, -0.05) is 50.1 Å². The Hall–Kier alpha value is -0.840. The summed E-state index contributed by atoms with van der Waals surface area (Å²) in [6.45, 7) is 2.08. The van der Waals surface area contributed by atoms with Crippen molar-refractivity contribution in [3.05, 3.63) is 62.0 Å². The van der Waals surface area contributed by atoms with Gasteiger partial charge in [0.1, 0.15) is 11.9 Å². The van der Waals surface area contributed by atoms with Crippen LogP contribution in [0.4, 0.5) is 0 Å². The van der Waals surface area contributed by atoms with Gasteiger partial charge in [-0.15, -0.1) is 0 Å². The molecular weight excluding hydrogens is 382 g/mol. The van der Waals surface area contributed by atoms with Crippen molar-refractivity contribution >= 4 is 31.9 Å². The minimum absolute atomic E-state index is 0.0126. The molecule has 0 saturated carbocycles. The van der Waals surface area contributed by atoms with Crippen molar-refractivity contribution < 1.29 is 4.74 Å². The topological polar surface area (TPSA) is 35.2 Å². The highest BCUT2D eigenvalue weighted by Crippen LogP contribution is 2.41. The molecule has 0 aromatic heterocycles. The van der Waals surface area contributed by atoms with Gasteiger partial charge in [-0.05, 0) is 36.2 Å². The molecule has 0 bridgehead atoms. The summed E-state index contributed by atoms with van der Waals surface area (Å²) in [6.07, 6.45) is 0.814. The quantitative estimate of drug-likeness (QED) is 0.732. The number of rotatable bonds is 1. The molecule has 1 aliphatic rings. The van der Waals surface area contributed by atoms with Gasteiger partial charge in [0, 0.05) is 27.0 Å². The highest BCUT2D eigenvalue weighted by molar-refractivity contribution is 9.10. The van der Waals surface area contributed by atoms with Crippen LogP contribution in [0.5, 0.6) is 5.75 Å². The second-order valence-electron chi connectivity index (χ2n) is 5.14. The van der Waals surface area contributed by atoms with Gasteiger partial charge in [0.05, 0.1) is 0 Å². The Morgan fingerprint density at radius 1 is 1.15 bits per heavy atom. The highest BCUT2D eigenvalue weighted by atomic mass is 79.9. The summed E-state index contributed by atoms with van der Waals surface area (Å²) in [6, 6.07) is 12.4. The first-order valence-electron chi connectivity index (χ1n) is 6.52. The van der Waals surface area contributed by atoms with E-state index in [4.69, 9.17) is 10.5 Å². The van der Waals surface area contributed by atoms with E-state index < -0.39 is 0 Å². The second-order valence-corrected chi connectivity index (χ2v) is 6.91. The van der Waals surface area contributed by atoms with E-state index in [1.807, 2.05) is 18.2 Å². The van der Waals surface area contributed by atoms with Crippen molar-refractivity contribution in [2.45, 2.75) is 25.5 Å². The molecule has 1 heterocycles. The number of hydrogen-bond acceptors (Lipinski definition) is 2. The van der Waals surface area contributed by atoms with Gasteiger partial charge < -0.3 is 10.5 Å². The van der Waals surface area contributed by atoms with Crippen molar-refractivity contribution in [3.63, 3.8) is 0 Å². The molecule has 2 atom stereocenters. The summed E-state index contributed by atoms with van der Waals surface area (Å²) in [7, 11) is 0. The molecule has 2 unspecified atom stereocenters. The van der Waals surface area contributed by atoms with Gasteiger partial charge in [-0.25, -0.2) is 0 Å². The largest absolute Gasteiger partial charge is 0.485 e. The summed E-state index contributed by atoms with van der Waals surface area (Å²) in [5.74, 6) is 0.878. The summed E-state index contributed by atoms with van der Waals surface area (Å²) < 4.78 is 8.26. The van der Waals surface area contributed by atoms with Crippen LogP contribution in [0.2, 0.25) is 0 Å². The molecule has 1 aliphatic heterocycles. The van der Waals surface area contributed by atoms with Crippen molar-refractivity contribution in [1.82, 2.24) is 0 Å². The molecule has 2 nitrogen and oxygen atoms in total. The monoisotopic (exact) mass is 395 g/mol. The standard InChI is InChI=1S/C16H15Br2NO/c1-9-6-10(2-5-13(9)18)15-8-14(19)12-4-3-11(17)7-16(12)20-15/h2-7,14-15H,8,19H2,1H3. The third-order valence-electron chi connectivity index (χ3n) is 3.67. The van der Waals surface area contributed by atoms with E-state index in [2.05, 4.69) is 57.0 Å². The molecule has 2 aromatic carbocycles. The zero-order valence-electron chi connectivity index (χ0n) is 11.1. The molecule has 4 heteroatoms. The Labute approximate surface area is 135 Å². The molecule has 2 N–H and O–H groups in total. The van der Waals surface area contributed by atoms with Crippen LogP contribution < -0.4 is 10.5 Å². The Balaban J connectivity index is 1.96. The smallest absolute Gasteiger partial charge is 0.126 e. The lowest BCUT2D eigenvalue weighted by molar-refractivity contribution is 0.161. The third kappa shape index (κ3) is 2.65. The number of nitrogens with two attached hydrogens (primary N) is 1. The lowest BCUT2D eigenvalue weighted by Gasteiger charge is -2.31. The molecule has 0 radical (unpaired) electrons. The molecule has 3 rings (SSSR count). The maximum atomic E-state index is 6.29. The van der Waals surface area contributed by atoms with Crippen LogP contribution in [0, 0.1) is 6.92 Å². The Morgan fingerprint density at radius 3 is 2.70 bits per heavy atom. The molecule has 2 aromatic rings. The van der Waals surface area contributed by atoms with Crippen LogP contribution >= 0.6 is 31.9 Å². The number of fused-ring (bicyclic) bond motifs is 1. The first kappa shape index (κ1) is 14.1. The molecular formula is C16H15Br2NO. The number of benzene rings is 2. The second kappa shape index (κ2) is 5.51. The summed E-state index contributed by atoms with van der Waals surface area (Å²) >= 11 is 7.01. The first-order chi connectivity index (χ1) is 9.54. The van der Waals surface area contributed by atoms with E-state index in [0.29, 0.717) is 0 Å². The fourth-order valence-electron chi connectivity index (χ4n) is 2.55. The average molecular weight is 397 g/mol. The molecule has 104 valence electrons. The fourth-order valence-corrected chi connectivity index (χ4v) is 3.13. The predicted molar refractivity (Wildman–Crippen MR) is 87.9 cm³/mol. The van der Waals surface area contributed by atoms with E-state index >= 15 is 0 Å². The summed E-state index contributed by atoms with van der Waals surface area (Å²) in [4.78, 5) is 0. The van der Waals surface area contributed by atoms with Crippen molar-refractivity contribution in [1.29, 1.82) is 0 Å². The number of aryl methyl sites for hydroxylation is 1. The van der Waals surface area contributed by atoms with Crippen molar-refractivity contribution in [2.75, 3.05) is 0 Å². The molecule has 0 spiro atoms. The van der Waals surface area contributed by atoms with Gasteiger partial charge in [-0.3, -0.25) is 0 Å². The zero-order chi connectivity index (χ0) is 14.3. The number of halogens is 2. The fraction of sp³-hybridized carbons (Fsp3) is 0.250. The van der Waals surface area contributed by atoms with E-state index in [9.17, 15) is 0 Å². The van der Waals surface area contributed by atoms with Crippen LogP contribution in [0.3, 0.4) is 0 Å². The maximum Gasteiger partial charge on any atom is 0.126 e. The number of ether oxygens (including phenoxy) is 1. The van der Waals surface area contributed by atoms with E-state index in [1.165, 1.54) is 11.1 Å². The van der Waals surface area contributed by atoms with Gasteiger partial charge >= 0.3 is 0 Å². The minimum Gasteiger partial charge on any atom is -0.485 e. The molecule has 20 heavy (non-hydrogen) atoms. The normalized spacial score (nSPS) is 21.2. The van der Waals surface area contributed by atoms with Crippen LogP contribution in [-0.4, -0.2) is 0 Å². The van der Waals surface area contributed by atoms with Crippen molar-refractivity contribution in [2.24, 2.45) is 5.73 Å². The SMILES string of the molecule is Cc1cc(C2CC(N)c3ccc(Br)cc3O2)ccc1Br. The van der Waals surface area contributed by atoms with Crippen LogP contribution in [-0.2, 0) is 0 Å². The Bertz CT molecular complexity index is 657. The Morgan fingerprint density at radius 2 is 1.95 bits per heavy atom. The molecule has 0 fully saturated rings. The molecule has 0 saturated heterocycles. The highest BCUT2D eigenvalue weighted by Gasteiger charge is 2.27. The zero-order valence-corrected chi connectivity index (χ0v) is 14.2. The molecule has 0 aliphatic carbocycles. The third-order valence-corrected chi connectivity index (χ3v) is 5.05. The minimum atomic E-state index is 0.0126. The Kier molecular flexibility index (Phi) is 3.89.